The van der Waals surface area contributed by atoms with Crippen molar-refractivity contribution in [2.75, 3.05) is 0 Å². The Labute approximate surface area is 136 Å². The van der Waals surface area contributed by atoms with Crippen molar-refractivity contribution in [1.82, 2.24) is 9.55 Å². The van der Waals surface area contributed by atoms with Gasteiger partial charge in [-0.3, -0.25) is 0 Å². The zero-order valence-corrected chi connectivity index (χ0v) is 13.2. The molecule has 22 heavy (non-hydrogen) atoms. The largest absolute Gasteiger partial charge is 0.314 e. The Balaban J connectivity index is 1.83. The number of rotatable bonds is 2. The van der Waals surface area contributed by atoms with Gasteiger partial charge in [-0.1, -0.05) is 18.2 Å². The van der Waals surface area contributed by atoms with Crippen LogP contribution in [0.25, 0.3) is 21.1 Å². The normalized spacial score (nSPS) is 11.1. The number of thiol groups is 1. The molecule has 0 bridgehead atoms. The van der Waals surface area contributed by atoms with E-state index in [2.05, 4.69) is 54.0 Å². The van der Waals surface area contributed by atoms with Gasteiger partial charge < -0.3 is 4.57 Å². The first kappa shape index (κ1) is 13.4. The van der Waals surface area contributed by atoms with E-state index < -0.39 is 0 Å². The number of nitrogens with zero attached hydrogens (tertiary/aromatic N) is 3. The molecule has 106 valence electrons. The van der Waals surface area contributed by atoms with Crippen LogP contribution in [-0.4, -0.2) is 9.55 Å². The lowest BCUT2D eigenvalue weighted by Crippen LogP contribution is -1.98. The van der Waals surface area contributed by atoms with Crippen LogP contribution in [0.3, 0.4) is 0 Å². The van der Waals surface area contributed by atoms with Crippen LogP contribution in [0.5, 0.6) is 0 Å². The Hall–Kier alpha value is -2.29. The molecule has 0 saturated carbocycles. The summed E-state index contributed by atoms with van der Waals surface area (Å²) in [6, 6.07) is 18.3. The molecule has 2 aromatic heterocycles. The molecular weight excluding hydrogens is 310 g/mol. The van der Waals surface area contributed by atoms with E-state index in [-0.39, 0.29) is 0 Å². The molecule has 5 heteroatoms. The van der Waals surface area contributed by atoms with Crippen LogP contribution in [-0.2, 0) is 6.54 Å². The number of aromatic nitrogens is 2. The van der Waals surface area contributed by atoms with Gasteiger partial charge in [0.1, 0.15) is 0 Å². The summed E-state index contributed by atoms with van der Waals surface area (Å²) in [7, 11) is 0. The quantitative estimate of drug-likeness (QED) is 0.554. The third-order valence-electron chi connectivity index (χ3n) is 3.65. The van der Waals surface area contributed by atoms with Crippen molar-refractivity contribution in [1.29, 1.82) is 5.26 Å². The second-order valence-electron chi connectivity index (χ2n) is 5.06. The van der Waals surface area contributed by atoms with Crippen molar-refractivity contribution in [2.45, 2.75) is 11.7 Å². The lowest BCUT2D eigenvalue weighted by molar-refractivity contribution is 0.743. The molecule has 0 aliphatic rings. The average Bonchev–Trinajstić information content (AvgIpc) is 3.08. The van der Waals surface area contributed by atoms with E-state index in [0.29, 0.717) is 17.3 Å². The van der Waals surface area contributed by atoms with E-state index >= 15 is 0 Å². The molecule has 0 fully saturated rings. The van der Waals surface area contributed by atoms with Crippen molar-refractivity contribution in [2.24, 2.45) is 0 Å². The standard InChI is InChI=1S/C17H11N3S2/c18-9-11-5-6-14-15(7-11)20(17(21)19-14)10-13-8-12-3-1-2-4-16(12)22-13/h1-8H,10H2,(H,19,21). The number of benzene rings is 2. The van der Waals surface area contributed by atoms with Gasteiger partial charge in [0.15, 0.2) is 5.16 Å². The zero-order valence-electron chi connectivity index (χ0n) is 11.5. The number of thiophene rings is 1. The molecule has 0 aliphatic heterocycles. The number of fused-ring (bicyclic) bond motifs is 2. The molecular formula is C17H11N3S2. The molecule has 2 heterocycles. The second-order valence-corrected chi connectivity index (χ2v) is 6.63. The van der Waals surface area contributed by atoms with Gasteiger partial charge >= 0.3 is 0 Å². The van der Waals surface area contributed by atoms with Gasteiger partial charge in [0.25, 0.3) is 0 Å². The summed E-state index contributed by atoms with van der Waals surface area (Å²) in [4.78, 5) is 5.71. The minimum absolute atomic E-state index is 0.637. The van der Waals surface area contributed by atoms with E-state index in [4.69, 9.17) is 5.26 Å². The van der Waals surface area contributed by atoms with Gasteiger partial charge in [-0.2, -0.15) is 5.26 Å². The average molecular weight is 321 g/mol. The summed E-state index contributed by atoms with van der Waals surface area (Å²) in [5.41, 5.74) is 2.45. The van der Waals surface area contributed by atoms with Crippen LogP contribution in [0.1, 0.15) is 10.4 Å². The number of nitriles is 1. The predicted molar refractivity (Wildman–Crippen MR) is 92.6 cm³/mol. The van der Waals surface area contributed by atoms with Crippen molar-refractivity contribution < 1.29 is 0 Å². The smallest absolute Gasteiger partial charge is 0.166 e. The van der Waals surface area contributed by atoms with Gasteiger partial charge in [0.05, 0.1) is 29.2 Å². The highest BCUT2D eigenvalue weighted by Crippen LogP contribution is 2.28. The third-order valence-corrected chi connectivity index (χ3v) is 5.09. The fourth-order valence-electron chi connectivity index (χ4n) is 2.61. The summed E-state index contributed by atoms with van der Waals surface area (Å²) in [6.45, 7) is 0.712. The van der Waals surface area contributed by atoms with E-state index in [9.17, 15) is 0 Å². The molecule has 0 saturated heterocycles. The summed E-state index contributed by atoms with van der Waals surface area (Å²) in [6.07, 6.45) is 0. The molecule has 0 atom stereocenters. The third kappa shape index (κ3) is 2.17. The molecule has 4 rings (SSSR count). The maximum atomic E-state index is 9.08. The Bertz CT molecular complexity index is 1000. The lowest BCUT2D eigenvalue weighted by Gasteiger charge is -2.04. The molecule has 0 unspecified atom stereocenters. The summed E-state index contributed by atoms with van der Waals surface area (Å²) in [5, 5.41) is 11.0. The van der Waals surface area contributed by atoms with E-state index in [1.165, 1.54) is 15.0 Å². The summed E-state index contributed by atoms with van der Waals surface area (Å²) in [5.74, 6) is 0. The fourth-order valence-corrected chi connectivity index (χ4v) is 3.95. The molecule has 0 radical (unpaired) electrons. The van der Waals surface area contributed by atoms with E-state index in [1.54, 1.807) is 17.4 Å². The van der Waals surface area contributed by atoms with E-state index in [0.717, 1.165) is 11.0 Å². The number of hydrogen-bond donors (Lipinski definition) is 1. The molecule has 0 aliphatic carbocycles. The highest BCUT2D eigenvalue weighted by atomic mass is 32.1. The van der Waals surface area contributed by atoms with Gasteiger partial charge in [0, 0.05) is 9.58 Å². The van der Waals surface area contributed by atoms with Crippen LogP contribution < -0.4 is 0 Å². The predicted octanol–water partition coefficient (Wildman–Crippen LogP) is 4.46. The van der Waals surface area contributed by atoms with Crippen LogP contribution >= 0.6 is 24.0 Å². The van der Waals surface area contributed by atoms with Crippen molar-refractivity contribution in [3.05, 3.63) is 59.0 Å². The minimum atomic E-state index is 0.637. The lowest BCUT2D eigenvalue weighted by atomic mass is 10.2. The fraction of sp³-hybridized carbons (Fsp3) is 0.0588. The highest BCUT2D eigenvalue weighted by molar-refractivity contribution is 7.80. The van der Waals surface area contributed by atoms with Gasteiger partial charge in [-0.25, -0.2) is 4.98 Å². The Morgan fingerprint density at radius 1 is 1.18 bits per heavy atom. The first-order valence-corrected chi connectivity index (χ1v) is 8.08. The molecule has 4 aromatic rings. The Kier molecular flexibility index (Phi) is 3.14. The van der Waals surface area contributed by atoms with E-state index in [1.807, 2.05) is 16.7 Å². The van der Waals surface area contributed by atoms with Gasteiger partial charge in [-0.05, 0) is 35.7 Å². The molecule has 0 N–H and O–H groups in total. The van der Waals surface area contributed by atoms with Crippen molar-refractivity contribution in [3.63, 3.8) is 0 Å². The SMILES string of the molecule is N#Cc1ccc2nc(S)n(Cc3cc4ccccc4s3)c2c1. The first-order chi connectivity index (χ1) is 10.7. The van der Waals surface area contributed by atoms with Crippen molar-refractivity contribution in [3.8, 4) is 6.07 Å². The maximum Gasteiger partial charge on any atom is 0.166 e. The first-order valence-electron chi connectivity index (χ1n) is 6.81. The maximum absolute atomic E-state index is 9.08. The highest BCUT2D eigenvalue weighted by Gasteiger charge is 2.11. The number of imidazole rings is 1. The Morgan fingerprint density at radius 2 is 2.05 bits per heavy atom. The van der Waals surface area contributed by atoms with Crippen LogP contribution in [0.15, 0.2) is 53.7 Å². The van der Waals surface area contributed by atoms with Crippen molar-refractivity contribution >= 4 is 45.1 Å². The van der Waals surface area contributed by atoms with Crippen LogP contribution in [0.2, 0.25) is 0 Å². The summed E-state index contributed by atoms with van der Waals surface area (Å²) < 4.78 is 3.32. The monoisotopic (exact) mass is 321 g/mol. The zero-order chi connectivity index (χ0) is 15.1. The van der Waals surface area contributed by atoms with Gasteiger partial charge in [0.2, 0.25) is 0 Å². The molecule has 2 aromatic carbocycles. The van der Waals surface area contributed by atoms with Gasteiger partial charge in [-0.15, -0.1) is 24.0 Å². The second kappa shape index (κ2) is 5.16. The molecule has 0 spiro atoms. The van der Waals surface area contributed by atoms with Crippen LogP contribution in [0.4, 0.5) is 0 Å². The van der Waals surface area contributed by atoms with Crippen LogP contribution in [0, 0.1) is 11.3 Å². The number of hydrogen-bond acceptors (Lipinski definition) is 4. The topological polar surface area (TPSA) is 41.6 Å². The molecule has 0 amide bonds. The minimum Gasteiger partial charge on any atom is -0.314 e. The Morgan fingerprint density at radius 3 is 2.86 bits per heavy atom. The molecule has 3 nitrogen and oxygen atoms in total. The summed E-state index contributed by atoms with van der Waals surface area (Å²) >= 11 is 6.26.